The van der Waals surface area contributed by atoms with Crippen LogP contribution in [0.3, 0.4) is 0 Å². The van der Waals surface area contributed by atoms with Crippen molar-refractivity contribution >= 4 is 11.7 Å². The van der Waals surface area contributed by atoms with E-state index in [1.807, 2.05) is 38.8 Å². The molecule has 130 valence electrons. The Hall–Kier alpha value is -1.40. The van der Waals surface area contributed by atoms with Crippen molar-refractivity contribution in [1.29, 1.82) is 0 Å². The van der Waals surface area contributed by atoms with Crippen LogP contribution in [0.5, 0.6) is 0 Å². The summed E-state index contributed by atoms with van der Waals surface area (Å²) in [6.07, 6.45) is 5.67. The van der Waals surface area contributed by atoms with Crippen molar-refractivity contribution in [3.8, 4) is 0 Å². The van der Waals surface area contributed by atoms with E-state index in [1.54, 1.807) is 10.9 Å². The van der Waals surface area contributed by atoms with E-state index in [0.29, 0.717) is 0 Å². The Morgan fingerprint density at radius 2 is 2.13 bits per heavy atom. The monoisotopic (exact) mass is 322 g/mol. The average molecular weight is 322 g/mol. The van der Waals surface area contributed by atoms with Crippen molar-refractivity contribution in [3.05, 3.63) is 12.3 Å². The Labute approximate surface area is 138 Å². The van der Waals surface area contributed by atoms with Gasteiger partial charge in [-0.2, -0.15) is 5.10 Å². The van der Waals surface area contributed by atoms with Crippen molar-refractivity contribution in [1.82, 2.24) is 14.7 Å². The van der Waals surface area contributed by atoms with Crippen molar-refractivity contribution in [2.75, 3.05) is 18.9 Å². The third-order valence-electron chi connectivity index (χ3n) is 4.84. The molecule has 2 rings (SSSR count). The molecule has 3 unspecified atom stereocenters. The fourth-order valence-electron chi connectivity index (χ4n) is 3.18. The highest BCUT2D eigenvalue weighted by Crippen LogP contribution is 2.25. The second-order valence-corrected chi connectivity index (χ2v) is 6.97. The molecule has 6 nitrogen and oxygen atoms in total. The van der Waals surface area contributed by atoms with E-state index < -0.39 is 0 Å². The highest BCUT2D eigenvalue weighted by atomic mass is 16.3. The number of rotatable bonds is 6. The average Bonchev–Trinajstić information content (AvgIpc) is 2.97. The first kappa shape index (κ1) is 17.9. The maximum Gasteiger partial charge on any atom is 0.242 e. The van der Waals surface area contributed by atoms with Crippen LogP contribution in [0.25, 0.3) is 0 Å². The first-order valence-corrected chi connectivity index (χ1v) is 8.62. The summed E-state index contributed by atoms with van der Waals surface area (Å²) in [6, 6.07) is 1.76. The highest BCUT2D eigenvalue weighted by molar-refractivity contribution is 5.93. The molecule has 2 N–H and O–H groups in total. The molecule has 1 amide bonds. The molecule has 0 aromatic carbocycles. The quantitative estimate of drug-likeness (QED) is 0.843. The number of nitrogens with one attached hydrogen (secondary N) is 1. The van der Waals surface area contributed by atoms with E-state index in [-0.39, 0.29) is 30.0 Å². The topological polar surface area (TPSA) is 70.4 Å². The zero-order chi connectivity index (χ0) is 17.0. The normalized spacial score (nSPS) is 23.3. The predicted molar refractivity (Wildman–Crippen MR) is 91.3 cm³/mol. The van der Waals surface area contributed by atoms with E-state index in [1.165, 1.54) is 6.42 Å². The van der Waals surface area contributed by atoms with E-state index in [2.05, 4.69) is 10.4 Å². The fraction of sp³-hybridized carbons (Fsp3) is 0.765. The largest absolute Gasteiger partial charge is 0.393 e. The van der Waals surface area contributed by atoms with Crippen molar-refractivity contribution < 1.29 is 9.90 Å². The second kappa shape index (κ2) is 7.93. The highest BCUT2D eigenvalue weighted by Gasteiger charge is 2.27. The molecule has 1 saturated carbocycles. The maximum atomic E-state index is 12.5. The van der Waals surface area contributed by atoms with Gasteiger partial charge in [0, 0.05) is 18.7 Å². The number of amides is 1. The summed E-state index contributed by atoms with van der Waals surface area (Å²) in [6.45, 7) is 6.71. The summed E-state index contributed by atoms with van der Waals surface area (Å²) in [5.74, 6) is 0.952. The van der Waals surface area contributed by atoms with Gasteiger partial charge in [-0.3, -0.25) is 9.69 Å². The molecule has 0 radical (unpaired) electrons. The molecule has 6 heteroatoms. The smallest absolute Gasteiger partial charge is 0.242 e. The summed E-state index contributed by atoms with van der Waals surface area (Å²) in [5.41, 5.74) is 0. The van der Waals surface area contributed by atoms with Gasteiger partial charge in [0.15, 0.2) is 0 Å². The predicted octanol–water partition coefficient (Wildman–Crippen LogP) is 2.27. The lowest BCUT2D eigenvalue weighted by atomic mass is 9.86. The molecule has 3 atom stereocenters. The molecular formula is C17H30N4O2. The number of aliphatic hydroxyl groups excluding tert-OH is 1. The van der Waals surface area contributed by atoms with Gasteiger partial charge in [-0.15, -0.1) is 0 Å². The van der Waals surface area contributed by atoms with Gasteiger partial charge >= 0.3 is 0 Å². The van der Waals surface area contributed by atoms with Crippen LogP contribution < -0.4 is 5.32 Å². The molecule has 1 heterocycles. The summed E-state index contributed by atoms with van der Waals surface area (Å²) >= 11 is 0. The Morgan fingerprint density at radius 3 is 2.78 bits per heavy atom. The van der Waals surface area contributed by atoms with Crippen LogP contribution in [0.4, 0.5) is 5.82 Å². The number of carbonyl (C=O) groups is 1. The Morgan fingerprint density at radius 1 is 1.43 bits per heavy atom. The number of carbonyl (C=O) groups excluding carboxylic acids is 1. The molecule has 1 aromatic heterocycles. The van der Waals surface area contributed by atoms with Crippen LogP contribution in [0, 0.1) is 5.92 Å². The number of hydrogen-bond donors (Lipinski definition) is 2. The van der Waals surface area contributed by atoms with E-state index in [9.17, 15) is 9.90 Å². The Kier molecular flexibility index (Phi) is 6.18. The summed E-state index contributed by atoms with van der Waals surface area (Å²) < 4.78 is 1.80. The fourth-order valence-corrected chi connectivity index (χ4v) is 3.18. The van der Waals surface area contributed by atoms with E-state index in [4.69, 9.17) is 0 Å². The van der Waals surface area contributed by atoms with Gasteiger partial charge in [0.05, 0.1) is 18.3 Å². The molecule has 0 spiro atoms. The minimum Gasteiger partial charge on any atom is -0.393 e. The SMILES string of the molecule is CC(C(=O)Nc1ccnn1C(C)C)N(C)CC1CCCCC1O. The third kappa shape index (κ3) is 4.54. The third-order valence-corrected chi connectivity index (χ3v) is 4.84. The minimum absolute atomic E-state index is 0.0415. The Bertz CT molecular complexity index is 514. The lowest BCUT2D eigenvalue weighted by Gasteiger charge is -2.33. The zero-order valence-electron chi connectivity index (χ0n) is 14.7. The number of aromatic nitrogens is 2. The summed E-state index contributed by atoms with van der Waals surface area (Å²) in [5, 5.41) is 17.3. The zero-order valence-corrected chi connectivity index (χ0v) is 14.7. The summed E-state index contributed by atoms with van der Waals surface area (Å²) in [7, 11) is 1.95. The van der Waals surface area contributed by atoms with Crippen LogP contribution in [-0.2, 0) is 4.79 Å². The molecule has 0 saturated heterocycles. The molecule has 0 bridgehead atoms. The number of anilines is 1. The molecule has 1 aromatic rings. The molecule has 1 fully saturated rings. The number of likely N-dealkylation sites (N-methyl/N-ethyl adjacent to an activating group) is 1. The van der Waals surface area contributed by atoms with Gasteiger partial charge in [-0.05, 0) is 46.6 Å². The van der Waals surface area contributed by atoms with Gasteiger partial charge < -0.3 is 10.4 Å². The minimum atomic E-state index is -0.250. The maximum absolute atomic E-state index is 12.5. The van der Waals surface area contributed by atoms with Crippen molar-refractivity contribution in [2.24, 2.45) is 5.92 Å². The van der Waals surface area contributed by atoms with Crippen molar-refractivity contribution in [3.63, 3.8) is 0 Å². The van der Waals surface area contributed by atoms with Crippen LogP contribution in [0.2, 0.25) is 0 Å². The van der Waals surface area contributed by atoms with Crippen LogP contribution in [0.1, 0.15) is 52.5 Å². The van der Waals surface area contributed by atoms with Crippen LogP contribution in [0.15, 0.2) is 12.3 Å². The van der Waals surface area contributed by atoms with E-state index in [0.717, 1.165) is 31.6 Å². The van der Waals surface area contributed by atoms with Gasteiger partial charge in [0.2, 0.25) is 5.91 Å². The first-order valence-electron chi connectivity index (χ1n) is 8.62. The van der Waals surface area contributed by atoms with Crippen LogP contribution >= 0.6 is 0 Å². The van der Waals surface area contributed by atoms with Gasteiger partial charge in [0.1, 0.15) is 5.82 Å². The molecular weight excluding hydrogens is 292 g/mol. The van der Waals surface area contributed by atoms with Gasteiger partial charge in [-0.25, -0.2) is 4.68 Å². The van der Waals surface area contributed by atoms with Gasteiger partial charge in [0.25, 0.3) is 0 Å². The number of aliphatic hydroxyl groups is 1. The second-order valence-electron chi connectivity index (χ2n) is 6.97. The van der Waals surface area contributed by atoms with Gasteiger partial charge in [-0.1, -0.05) is 12.8 Å². The van der Waals surface area contributed by atoms with Crippen molar-refractivity contribution in [2.45, 2.75) is 64.6 Å². The lowest BCUT2D eigenvalue weighted by molar-refractivity contribution is -0.120. The Balaban J connectivity index is 1.91. The number of nitrogens with zero attached hydrogens (tertiary/aromatic N) is 3. The number of hydrogen-bond acceptors (Lipinski definition) is 4. The lowest BCUT2D eigenvalue weighted by Crippen LogP contribution is -2.44. The molecule has 23 heavy (non-hydrogen) atoms. The standard InChI is InChI=1S/C17H30N4O2/c1-12(2)21-16(9-10-18-21)19-17(23)13(3)20(4)11-14-7-5-6-8-15(14)22/h9-10,12-15,22H,5-8,11H2,1-4H3,(H,19,23). The molecule has 1 aliphatic carbocycles. The first-order chi connectivity index (χ1) is 10.9. The molecule has 1 aliphatic rings. The summed E-state index contributed by atoms with van der Waals surface area (Å²) in [4.78, 5) is 14.5. The molecule has 0 aliphatic heterocycles. The van der Waals surface area contributed by atoms with E-state index >= 15 is 0 Å². The van der Waals surface area contributed by atoms with Crippen LogP contribution in [-0.4, -0.2) is 51.4 Å².